The molecule has 0 amide bonds. The molecule has 0 atom stereocenters. The topological polar surface area (TPSA) is 37.8 Å². The van der Waals surface area contributed by atoms with Crippen LogP contribution >= 0.6 is 11.6 Å². The van der Waals surface area contributed by atoms with Crippen molar-refractivity contribution in [3.8, 4) is 0 Å². The van der Waals surface area contributed by atoms with Crippen molar-refractivity contribution in [3.05, 3.63) is 46.4 Å². The highest BCUT2D eigenvalue weighted by Gasteiger charge is 2.04. The number of benzene rings is 1. The average Bonchev–Trinajstić information content (AvgIpc) is 2.33. The van der Waals surface area contributed by atoms with Crippen LogP contribution in [-0.2, 0) is 6.42 Å². The minimum atomic E-state index is 0.467. The Balaban J connectivity index is 2.33. The van der Waals surface area contributed by atoms with E-state index in [9.17, 15) is 0 Å². The van der Waals surface area contributed by atoms with Crippen molar-refractivity contribution in [2.24, 2.45) is 0 Å². The van der Waals surface area contributed by atoms with Gasteiger partial charge >= 0.3 is 0 Å². The molecule has 4 heteroatoms. The van der Waals surface area contributed by atoms with Crippen molar-refractivity contribution < 1.29 is 0 Å². The highest BCUT2D eigenvalue weighted by atomic mass is 35.5. The third kappa shape index (κ3) is 2.99. The minimum absolute atomic E-state index is 0.467. The first-order valence-electron chi connectivity index (χ1n) is 5.96. The molecule has 0 saturated carbocycles. The number of hydrogen-bond donors (Lipinski definition) is 1. The third-order valence-corrected chi connectivity index (χ3v) is 2.91. The summed E-state index contributed by atoms with van der Waals surface area (Å²) < 4.78 is 0. The molecular weight excluding hydrogens is 246 g/mol. The number of aryl methyl sites for hydroxylation is 3. The van der Waals surface area contributed by atoms with E-state index < -0.39 is 0 Å². The van der Waals surface area contributed by atoms with Crippen LogP contribution in [0.5, 0.6) is 0 Å². The molecule has 1 heterocycles. The van der Waals surface area contributed by atoms with Gasteiger partial charge in [-0.25, -0.2) is 9.97 Å². The maximum Gasteiger partial charge on any atom is 0.135 e. The maximum absolute atomic E-state index is 5.97. The summed E-state index contributed by atoms with van der Waals surface area (Å²) in [4.78, 5) is 8.56. The molecule has 0 aliphatic heterocycles. The number of rotatable bonds is 3. The fourth-order valence-electron chi connectivity index (χ4n) is 1.70. The summed E-state index contributed by atoms with van der Waals surface area (Å²) in [7, 11) is 0. The summed E-state index contributed by atoms with van der Waals surface area (Å²) >= 11 is 5.97. The molecule has 0 aliphatic rings. The molecule has 2 aromatic rings. The van der Waals surface area contributed by atoms with Gasteiger partial charge < -0.3 is 5.32 Å². The van der Waals surface area contributed by atoms with E-state index in [1.54, 1.807) is 6.07 Å². The number of anilines is 2. The van der Waals surface area contributed by atoms with Crippen LogP contribution in [0, 0.1) is 13.8 Å². The Kier molecular flexibility index (Phi) is 3.82. The van der Waals surface area contributed by atoms with E-state index in [0.29, 0.717) is 5.15 Å². The summed E-state index contributed by atoms with van der Waals surface area (Å²) in [5, 5.41) is 3.76. The molecule has 1 aromatic heterocycles. The normalized spacial score (nSPS) is 10.4. The molecular formula is C14H16ClN3. The van der Waals surface area contributed by atoms with Crippen molar-refractivity contribution in [2.45, 2.75) is 27.2 Å². The summed E-state index contributed by atoms with van der Waals surface area (Å²) in [6.07, 6.45) is 0.766. The minimum Gasteiger partial charge on any atom is -0.340 e. The van der Waals surface area contributed by atoms with E-state index in [1.165, 1.54) is 11.1 Å². The van der Waals surface area contributed by atoms with Crippen LogP contribution in [-0.4, -0.2) is 9.97 Å². The van der Waals surface area contributed by atoms with Crippen LogP contribution in [0.15, 0.2) is 24.3 Å². The lowest BCUT2D eigenvalue weighted by Crippen LogP contribution is -2.00. The summed E-state index contributed by atoms with van der Waals surface area (Å²) in [5.74, 6) is 1.48. The van der Waals surface area contributed by atoms with Gasteiger partial charge in [-0.05, 0) is 31.0 Å². The van der Waals surface area contributed by atoms with E-state index in [2.05, 4.69) is 47.3 Å². The first-order chi connectivity index (χ1) is 8.58. The molecule has 1 aromatic carbocycles. The molecule has 0 radical (unpaired) electrons. The van der Waals surface area contributed by atoms with Crippen molar-refractivity contribution in [1.82, 2.24) is 9.97 Å². The first kappa shape index (κ1) is 12.8. The van der Waals surface area contributed by atoms with E-state index in [1.807, 2.05) is 6.92 Å². The lowest BCUT2D eigenvalue weighted by atomic mass is 10.1. The van der Waals surface area contributed by atoms with Crippen molar-refractivity contribution in [1.29, 1.82) is 0 Å². The Morgan fingerprint density at radius 3 is 2.67 bits per heavy atom. The average molecular weight is 262 g/mol. The monoisotopic (exact) mass is 261 g/mol. The molecule has 94 valence electrons. The zero-order chi connectivity index (χ0) is 13.1. The van der Waals surface area contributed by atoms with Gasteiger partial charge in [-0.2, -0.15) is 0 Å². The van der Waals surface area contributed by atoms with Crippen molar-refractivity contribution in [2.75, 3.05) is 5.32 Å². The van der Waals surface area contributed by atoms with Gasteiger partial charge in [0, 0.05) is 18.2 Å². The van der Waals surface area contributed by atoms with Crippen molar-refractivity contribution in [3.63, 3.8) is 0 Å². The highest BCUT2D eigenvalue weighted by Crippen LogP contribution is 2.22. The van der Waals surface area contributed by atoms with Crippen LogP contribution in [0.2, 0.25) is 5.15 Å². The van der Waals surface area contributed by atoms with Gasteiger partial charge in [0.2, 0.25) is 0 Å². The Labute approximate surface area is 112 Å². The first-order valence-corrected chi connectivity index (χ1v) is 6.34. The fraction of sp³-hybridized carbons (Fsp3) is 0.286. The quantitative estimate of drug-likeness (QED) is 0.847. The van der Waals surface area contributed by atoms with E-state index >= 15 is 0 Å². The number of nitrogens with one attached hydrogen (secondary N) is 1. The molecule has 1 N–H and O–H groups in total. The standard InChI is InChI=1S/C14H16ClN3/c1-4-13-17-12(15)8-14(18-13)16-11-7-9(2)5-6-10(11)3/h5-8H,4H2,1-3H3,(H,16,17,18). The largest absolute Gasteiger partial charge is 0.340 e. The lowest BCUT2D eigenvalue weighted by molar-refractivity contribution is 0.943. The van der Waals surface area contributed by atoms with Crippen LogP contribution in [0.25, 0.3) is 0 Å². The highest BCUT2D eigenvalue weighted by molar-refractivity contribution is 6.29. The molecule has 0 saturated heterocycles. The summed E-state index contributed by atoms with van der Waals surface area (Å²) in [5.41, 5.74) is 3.43. The SMILES string of the molecule is CCc1nc(Cl)cc(Nc2cc(C)ccc2C)n1. The molecule has 0 fully saturated rings. The van der Waals surface area contributed by atoms with E-state index in [4.69, 9.17) is 11.6 Å². The Morgan fingerprint density at radius 2 is 1.94 bits per heavy atom. The molecule has 0 aliphatic carbocycles. The number of aromatic nitrogens is 2. The van der Waals surface area contributed by atoms with Gasteiger partial charge in [0.25, 0.3) is 0 Å². The zero-order valence-corrected chi connectivity index (χ0v) is 11.5. The van der Waals surface area contributed by atoms with Gasteiger partial charge in [-0.15, -0.1) is 0 Å². The molecule has 0 spiro atoms. The zero-order valence-electron chi connectivity index (χ0n) is 10.8. The van der Waals surface area contributed by atoms with Crippen LogP contribution < -0.4 is 5.32 Å². The predicted octanol–water partition coefficient (Wildman–Crippen LogP) is 4.05. The molecule has 18 heavy (non-hydrogen) atoms. The van der Waals surface area contributed by atoms with E-state index in [0.717, 1.165) is 23.8 Å². The lowest BCUT2D eigenvalue weighted by Gasteiger charge is -2.10. The number of halogens is 1. The Bertz CT molecular complexity index is 567. The Hall–Kier alpha value is -1.61. The smallest absolute Gasteiger partial charge is 0.135 e. The maximum atomic E-state index is 5.97. The van der Waals surface area contributed by atoms with E-state index in [-0.39, 0.29) is 0 Å². The molecule has 0 bridgehead atoms. The second-order valence-electron chi connectivity index (χ2n) is 4.29. The van der Waals surface area contributed by atoms with Crippen LogP contribution in [0.1, 0.15) is 23.9 Å². The molecule has 2 rings (SSSR count). The van der Waals surface area contributed by atoms with Gasteiger partial charge in [0.05, 0.1) is 0 Å². The van der Waals surface area contributed by atoms with Gasteiger partial charge in [-0.3, -0.25) is 0 Å². The van der Waals surface area contributed by atoms with Crippen LogP contribution in [0.3, 0.4) is 0 Å². The van der Waals surface area contributed by atoms with Gasteiger partial charge in [-0.1, -0.05) is 30.7 Å². The number of hydrogen-bond acceptors (Lipinski definition) is 3. The number of nitrogens with zero attached hydrogens (tertiary/aromatic N) is 2. The third-order valence-electron chi connectivity index (χ3n) is 2.71. The summed E-state index contributed by atoms with van der Waals surface area (Å²) in [6.45, 7) is 6.13. The summed E-state index contributed by atoms with van der Waals surface area (Å²) in [6, 6.07) is 8.01. The second-order valence-corrected chi connectivity index (χ2v) is 4.68. The van der Waals surface area contributed by atoms with Crippen LogP contribution in [0.4, 0.5) is 11.5 Å². The predicted molar refractivity (Wildman–Crippen MR) is 75.6 cm³/mol. The molecule has 0 unspecified atom stereocenters. The van der Waals surface area contributed by atoms with Gasteiger partial charge in [0.15, 0.2) is 0 Å². The fourth-order valence-corrected chi connectivity index (χ4v) is 1.90. The second kappa shape index (κ2) is 5.36. The Morgan fingerprint density at radius 1 is 1.17 bits per heavy atom. The van der Waals surface area contributed by atoms with Gasteiger partial charge in [0.1, 0.15) is 16.8 Å². The molecule has 3 nitrogen and oxygen atoms in total. The van der Waals surface area contributed by atoms with Crippen molar-refractivity contribution >= 4 is 23.1 Å².